The van der Waals surface area contributed by atoms with Crippen LogP contribution < -0.4 is 4.31 Å². The molecule has 0 aliphatic carbocycles. The molecule has 0 saturated carbocycles. The van der Waals surface area contributed by atoms with E-state index < -0.39 is 37.0 Å². The lowest BCUT2D eigenvalue weighted by molar-refractivity contribution is -0.138. The molecule has 0 amide bonds. The number of sulfone groups is 1. The smallest absolute Gasteiger partial charge is 0.327 e. The first kappa shape index (κ1) is 14.8. The highest BCUT2D eigenvalue weighted by Gasteiger charge is 2.42. The van der Waals surface area contributed by atoms with E-state index in [2.05, 4.69) is 0 Å². The van der Waals surface area contributed by atoms with Gasteiger partial charge in [0.15, 0.2) is 14.9 Å². The van der Waals surface area contributed by atoms with Gasteiger partial charge in [0, 0.05) is 12.7 Å². The Kier molecular flexibility index (Phi) is 3.51. The van der Waals surface area contributed by atoms with Crippen LogP contribution in [0.15, 0.2) is 24.3 Å². The van der Waals surface area contributed by atoms with Crippen molar-refractivity contribution in [2.45, 2.75) is 12.5 Å². The van der Waals surface area contributed by atoms with Crippen molar-refractivity contribution >= 4 is 31.5 Å². The van der Waals surface area contributed by atoms with E-state index >= 15 is 0 Å². The van der Waals surface area contributed by atoms with Crippen molar-refractivity contribution in [1.29, 1.82) is 0 Å². The Morgan fingerprint density at radius 1 is 1.30 bits per heavy atom. The van der Waals surface area contributed by atoms with E-state index in [-0.39, 0.29) is 12.1 Å². The highest BCUT2D eigenvalue weighted by molar-refractivity contribution is 8.08. The van der Waals surface area contributed by atoms with Gasteiger partial charge in [-0.1, -0.05) is 18.2 Å². The first-order chi connectivity index (χ1) is 9.12. The van der Waals surface area contributed by atoms with Crippen molar-refractivity contribution in [3.8, 4) is 0 Å². The number of rotatable bonds is 4. The molecule has 1 aromatic rings. The van der Waals surface area contributed by atoms with Gasteiger partial charge in [0.1, 0.15) is 6.04 Å². The highest BCUT2D eigenvalue weighted by Crippen LogP contribution is 2.34. The largest absolute Gasteiger partial charge is 0.480 e. The highest BCUT2D eigenvalue weighted by atomic mass is 32.3. The Morgan fingerprint density at radius 3 is 2.45 bits per heavy atom. The Morgan fingerprint density at radius 2 is 1.90 bits per heavy atom. The van der Waals surface area contributed by atoms with Gasteiger partial charge in [0.05, 0.1) is 5.69 Å². The van der Waals surface area contributed by atoms with Crippen LogP contribution in [-0.4, -0.2) is 45.3 Å². The molecule has 0 bridgehead atoms. The molecule has 1 aliphatic rings. The van der Waals surface area contributed by atoms with Crippen LogP contribution in [0.4, 0.5) is 5.69 Å². The summed E-state index contributed by atoms with van der Waals surface area (Å²) in [6, 6.07) is 5.04. The number of carbonyl (C=O) groups is 1. The van der Waals surface area contributed by atoms with Crippen LogP contribution in [-0.2, 0) is 31.1 Å². The Bertz CT molecular complexity index is 753. The zero-order chi connectivity index (χ0) is 15.1. The normalized spacial score (nSPS) is 18.9. The van der Waals surface area contributed by atoms with Crippen LogP contribution in [0.1, 0.15) is 5.56 Å². The fourth-order valence-electron chi connectivity index (χ4n) is 2.22. The van der Waals surface area contributed by atoms with E-state index in [9.17, 15) is 21.6 Å². The molecule has 1 atom stereocenters. The Labute approximate surface area is 116 Å². The van der Waals surface area contributed by atoms with Gasteiger partial charge in [-0.15, -0.1) is 0 Å². The molecular weight excluding hydrogens is 306 g/mol. The van der Waals surface area contributed by atoms with Crippen molar-refractivity contribution in [3.63, 3.8) is 0 Å². The van der Waals surface area contributed by atoms with Crippen molar-refractivity contribution < 1.29 is 26.7 Å². The number of fused-ring (bicyclic) bond motifs is 1. The predicted molar refractivity (Wildman–Crippen MR) is 72.7 cm³/mol. The van der Waals surface area contributed by atoms with Crippen LogP contribution in [0.3, 0.4) is 0 Å². The van der Waals surface area contributed by atoms with E-state index in [0.717, 1.165) is 6.26 Å². The van der Waals surface area contributed by atoms with Gasteiger partial charge < -0.3 is 5.11 Å². The van der Waals surface area contributed by atoms with Crippen molar-refractivity contribution in [1.82, 2.24) is 0 Å². The summed E-state index contributed by atoms with van der Waals surface area (Å²) in [6.45, 7) is 0. The van der Waals surface area contributed by atoms with Gasteiger partial charge in [-0.2, -0.15) is 0 Å². The zero-order valence-corrected chi connectivity index (χ0v) is 12.2. The summed E-state index contributed by atoms with van der Waals surface area (Å²) in [6.07, 6.45) is 0.816. The van der Waals surface area contributed by atoms with E-state index in [1.807, 2.05) is 0 Å². The van der Waals surface area contributed by atoms with Crippen molar-refractivity contribution in [3.05, 3.63) is 29.8 Å². The number of sulfonamides is 1. The fourth-order valence-corrected chi connectivity index (χ4v) is 5.86. The first-order valence-corrected chi connectivity index (χ1v) is 9.29. The standard InChI is InChI=1S/C11H13NO6S2/c1-19(15,16)7-20(17,18)12-9-5-3-2-4-8(9)6-10(12)11(13)14/h2-5,10H,6-7H2,1H3,(H,13,14)/t10-/m0/s1. The number of anilines is 1. The van der Waals surface area contributed by atoms with Gasteiger partial charge in [-0.05, 0) is 11.6 Å². The fraction of sp³-hybridized carbons (Fsp3) is 0.364. The molecule has 1 aliphatic heterocycles. The number of carboxylic acid groups (broad SMARTS) is 1. The second kappa shape index (κ2) is 4.74. The van der Waals surface area contributed by atoms with Crippen molar-refractivity contribution in [2.75, 3.05) is 15.6 Å². The molecule has 20 heavy (non-hydrogen) atoms. The molecule has 1 N–H and O–H groups in total. The minimum Gasteiger partial charge on any atom is -0.480 e. The van der Waals surface area contributed by atoms with Gasteiger partial charge in [-0.25, -0.2) is 21.6 Å². The third-order valence-electron chi connectivity index (χ3n) is 2.87. The molecule has 9 heteroatoms. The molecule has 0 aromatic heterocycles. The topological polar surface area (TPSA) is 109 Å². The summed E-state index contributed by atoms with van der Waals surface area (Å²) in [5.74, 6) is -1.31. The number of hydrogen-bond acceptors (Lipinski definition) is 5. The predicted octanol–water partition coefficient (Wildman–Crippen LogP) is -0.166. The van der Waals surface area contributed by atoms with E-state index in [1.165, 1.54) is 6.07 Å². The van der Waals surface area contributed by atoms with Crippen LogP contribution in [0.5, 0.6) is 0 Å². The third kappa shape index (κ3) is 2.78. The quantitative estimate of drug-likeness (QED) is 0.825. The number of carboxylic acids is 1. The van der Waals surface area contributed by atoms with E-state index in [4.69, 9.17) is 5.11 Å². The zero-order valence-electron chi connectivity index (χ0n) is 10.6. The number of para-hydroxylation sites is 1. The average Bonchev–Trinajstić information content (AvgIpc) is 2.65. The number of nitrogens with zero attached hydrogens (tertiary/aromatic N) is 1. The lowest BCUT2D eigenvalue weighted by Crippen LogP contribution is -2.44. The van der Waals surface area contributed by atoms with Crippen LogP contribution in [0, 0.1) is 0 Å². The summed E-state index contributed by atoms with van der Waals surface area (Å²) in [5, 5.41) is 8.05. The maximum absolute atomic E-state index is 12.2. The Hall–Kier alpha value is -1.61. The maximum atomic E-state index is 12.2. The molecule has 2 rings (SSSR count). The molecule has 0 spiro atoms. The minimum absolute atomic E-state index is 0.0223. The Balaban J connectivity index is 2.54. The van der Waals surface area contributed by atoms with Crippen LogP contribution in [0.2, 0.25) is 0 Å². The van der Waals surface area contributed by atoms with E-state index in [0.29, 0.717) is 9.87 Å². The molecule has 1 heterocycles. The molecular formula is C11H13NO6S2. The van der Waals surface area contributed by atoms with Crippen molar-refractivity contribution in [2.24, 2.45) is 0 Å². The third-order valence-corrected chi connectivity index (χ3v) is 6.83. The molecule has 0 unspecified atom stereocenters. The lowest BCUT2D eigenvalue weighted by atomic mass is 10.1. The molecule has 7 nitrogen and oxygen atoms in total. The molecule has 1 aromatic carbocycles. The second-order valence-corrected chi connectivity index (χ2v) is 8.99. The van der Waals surface area contributed by atoms with Gasteiger partial charge in [0.2, 0.25) is 10.0 Å². The summed E-state index contributed by atoms with van der Waals surface area (Å²) in [5.41, 5.74) is 0.792. The molecule has 0 radical (unpaired) electrons. The number of hydrogen-bond donors (Lipinski definition) is 1. The minimum atomic E-state index is -4.26. The number of aliphatic carboxylic acids is 1. The second-order valence-electron chi connectivity index (χ2n) is 4.64. The van der Waals surface area contributed by atoms with Crippen LogP contribution >= 0.6 is 0 Å². The van der Waals surface area contributed by atoms with Gasteiger partial charge in [0.25, 0.3) is 0 Å². The molecule has 0 fully saturated rings. The maximum Gasteiger partial charge on any atom is 0.327 e. The molecule has 0 saturated heterocycles. The monoisotopic (exact) mass is 319 g/mol. The molecule has 110 valence electrons. The summed E-state index contributed by atoms with van der Waals surface area (Å²) in [4.78, 5) is 11.2. The summed E-state index contributed by atoms with van der Waals surface area (Å²) in [7, 11) is -8.05. The number of benzene rings is 1. The van der Waals surface area contributed by atoms with Crippen LogP contribution in [0.25, 0.3) is 0 Å². The van der Waals surface area contributed by atoms with Gasteiger partial charge >= 0.3 is 5.97 Å². The van der Waals surface area contributed by atoms with E-state index in [1.54, 1.807) is 18.2 Å². The SMILES string of the molecule is CS(=O)(=O)CS(=O)(=O)N1c2ccccc2C[C@H]1C(=O)O. The average molecular weight is 319 g/mol. The van der Waals surface area contributed by atoms with Gasteiger partial charge in [-0.3, -0.25) is 4.31 Å². The summed E-state index contributed by atoms with van der Waals surface area (Å²) >= 11 is 0. The lowest BCUT2D eigenvalue weighted by Gasteiger charge is -2.23. The summed E-state index contributed by atoms with van der Waals surface area (Å²) < 4.78 is 47.6. The first-order valence-electron chi connectivity index (χ1n) is 5.62.